The Balaban J connectivity index is 1.71. The van der Waals surface area contributed by atoms with E-state index in [0.717, 1.165) is 28.6 Å². The van der Waals surface area contributed by atoms with Gasteiger partial charge in [-0.25, -0.2) is 0 Å². The number of carbonyl (C=O) groups is 2. The van der Waals surface area contributed by atoms with Crippen molar-refractivity contribution in [1.29, 1.82) is 0 Å². The molecule has 2 amide bonds. The summed E-state index contributed by atoms with van der Waals surface area (Å²) < 4.78 is 5.28. The first-order chi connectivity index (χ1) is 14.4. The number of ether oxygens (including phenoxy) is 1. The van der Waals surface area contributed by atoms with E-state index in [1.165, 1.54) is 0 Å². The molecular weight excluding hydrogens is 425 g/mol. The zero-order chi connectivity index (χ0) is 21.7. The number of methoxy groups -OCH3 is 1. The summed E-state index contributed by atoms with van der Waals surface area (Å²) in [5.41, 5.74) is 2.24. The van der Waals surface area contributed by atoms with E-state index in [9.17, 15) is 9.59 Å². The maximum absolute atomic E-state index is 13.0. The van der Waals surface area contributed by atoms with E-state index >= 15 is 0 Å². The van der Waals surface area contributed by atoms with Crippen molar-refractivity contribution in [2.75, 3.05) is 25.5 Å². The van der Waals surface area contributed by atoms with Gasteiger partial charge in [0.2, 0.25) is 11.8 Å². The van der Waals surface area contributed by atoms with Gasteiger partial charge in [0.25, 0.3) is 0 Å². The molecule has 3 aromatic rings. The summed E-state index contributed by atoms with van der Waals surface area (Å²) in [7, 11) is 1.60. The van der Waals surface area contributed by atoms with Gasteiger partial charge in [0.05, 0.1) is 30.8 Å². The van der Waals surface area contributed by atoms with Gasteiger partial charge in [-0.2, -0.15) is 0 Å². The summed E-state index contributed by atoms with van der Waals surface area (Å²) in [5.74, 6) is 0.278. The second-order valence-electron chi connectivity index (χ2n) is 6.89. The van der Waals surface area contributed by atoms with Crippen LogP contribution in [0.5, 0.6) is 5.75 Å². The van der Waals surface area contributed by atoms with E-state index in [-0.39, 0.29) is 24.8 Å². The number of amides is 2. The maximum atomic E-state index is 13.0. The molecule has 0 saturated carbocycles. The van der Waals surface area contributed by atoms with Crippen LogP contribution >= 0.6 is 23.2 Å². The lowest BCUT2D eigenvalue weighted by Gasteiger charge is -2.22. The summed E-state index contributed by atoms with van der Waals surface area (Å²) >= 11 is 12.0. The summed E-state index contributed by atoms with van der Waals surface area (Å²) in [4.78, 5) is 30.2. The third-order valence-corrected chi connectivity index (χ3v) is 5.25. The van der Waals surface area contributed by atoms with Crippen LogP contribution in [-0.4, -0.2) is 41.9 Å². The lowest BCUT2D eigenvalue weighted by molar-refractivity contribution is -0.134. The summed E-state index contributed by atoms with van der Waals surface area (Å²) in [5, 5.41) is 4.49. The molecule has 0 aliphatic rings. The molecule has 3 rings (SSSR count). The standard InChI is InChI=1S/C22H23Cl2N3O3/c1-3-8-27(13-21(28)26-20-6-4-15(23)10-18(20)24)22(29)9-14-12-25-19-7-5-16(30-2)11-17(14)19/h4-7,10-12,25H,3,8-9,13H2,1-2H3,(H,26,28). The number of carbonyl (C=O) groups excluding carboxylic acids is 2. The fourth-order valence-corrected chi connectivity index (χ4v) is 3.68. The molecule has 30 heavy (non-hydrogen) atoms. The van der Waals surface area contributed by atoms with E-state index in [0.29, 0.717) is 22.3 Å². The molecule has 0 spiro atoms. The topological polar surface area (TPSA) is 74.4 Å². The Kier molecular flexibility index (Phi) is 7.24. The predicted molar refractivity (Wildman–Crippen MR) is 121 cm³/mol. The third kappa shape index (κ3) is 5.26. The van der Waals surface area contributed by atoms with Crippen molar-refractivity contribution >= 4 is 51.6 Å². The molecule has 0 bridgehead atoms. The molecular formula is C22H23Cl2N3O3. The first kappa shape index (κ1) is 22.0. The molecule has 0 aliphatic heterocycles. The number of halogens is 2. The van der Waals surface area contributed by atoms with Crippen molar-refractivity contribution < 1.29 is 14.3 Å². The van der Waals surface area contributed by atoms with Crippen LogP contribution in [0.2, 0.25) is 10.0 Å². The van der Waals surface area contributed by atoms with Gasteiger partial charge in [-0.15, -0.1) is 0 Å². The third-order valence-electron chi connectivity index (χ3n) is 4.70. The number of rotatable bonds is 8. The molecule has 2 N–H and O–H groups in total. The molecule has 0 aliphatic carbocycles. The molecule has 158 valence electrons. The van der Waals surface area contributed by atoms with Crippen LogP contribution in [-0.2, 0) is 16.0 Å². The van der Waals surface area contributed by atoms with E-state index in [1.807, 2.05) is 31.3 Å². The first-order valence-corrected chi connectivity index (χ1v) is 10.3. The average Bonchev–Trinajstić information content (AvgIpc) is 3.11. The minimum atomic E-state index is -0.318. The quantitative estimate of drug-likeness (QED) is 0.515. The van der Waals surface area contributed by atoms with Gasteiger partial charge < -0.3 is 19.9 Å². The molecule has 8 heteroatoms. The first-order valence-electron chi connectivity index (χ1n) is 9.58. The Morgan fingerprint density at radius 2 is 1.97 bits per heavy atom. The van der Waals surface area contributed by atoms with Crippen LogP contribution in [0.3, 0.4) is 0 Å². The Hall–Kier alpha value is -2.70. The van der Waals surface area contributed by atoms with Crippen molar-refractivity contribution in [1.82, 2.24) is 9.88 Å². The highest BCUT2D eigenvalue weighted by atomic mass is 35.5. The number of aromatic amines is 1. The molecule has 0 radical (unpaired) electrons. The monoisotopic (exact) mass is 447 g/mol. The van der Waals surface area contributed by atoms with Gasteiger partial charge in [-0.3, -0.25) is 9.59 Å². The van der Waals surface area contributed by atoms with E-state index < -0.39 is 0 Å². The van der Waals surface area contributed by atoms with Crippen LogP contribution in [0, 0.1) is 0 Å². The molecule has 1 heterocycles. The highest BCUT2D eigenvalue weighted by Gasteiger charge is 2.19. The second-order valence-corrected chi connectivity index (χ2v) is 7.73. The zero-order valence-electron chi connectivity index (χ0n) is 16.8. The van der Waals surface area contributed by atoms with Crippen LogP contribution < -0.4 is 10.1 Å². The van der Waals surface area contributed by atoms with E-state index in [4.69, 9.17) is 27.9 Å². The van der Waals surface area contributed by atoms with Gasteiger partial charge in [0, 0.05) is 28.7 Å². The Labute approximate surface area is 185 Å². The molecule has 0 fully saturated rings. The highest BCUT2D eigenvalue weighted by molar-refractivity contribution is 6.36. The molecule has 1 aromatic heterocycles. The van der Waals surface area contributed by atoms with Gasteiger partial charge in [0.15, 0.2) is 0 Å². The van der Waals surface area contributed by atoms with Gasteiger partial charge in [-0.05, 0) is 48.4 Å². The Morgan fingerprint density at radius 3 is 2.67 bits per heavy atom. The van der Waals surface area contributed by atoms with Gasteiger partial charge in [0.1, 0.15) is 5.75 Å². The van der Waals surface area contributed by atoms with Crippen molar-refractivity contribution in [2.24, 2.45) is 0 Å². The molecule has 6 nitrogen and oxygen atoms in total. The van der Waals surface area contributed by atoms with Crippen LogP contribution in [0.25, 0.3) is 10.9 Å². The van der Waals surface area contributed by atoms with Crippen molar-refractivity contribution in [3.8, 4) is 5.75 Å². The summed E-state index contributed by atoms with van der Waals surface area (Å²) in [6.07, 6.45) is 2.74. The molecule has 0 saturated heterocycles. The maximum Gasteiger partial charge on any atom is 0.244 e. The van der Waals surface area contributed by atoms with Gasteiger partial charge in [-0.1, -0.05) is 30.1 Å². The van der Waals surface area contributed by atoms with Crippen molar-refractivity contribution in [3.05, 3.63) is 58.2 Å². The number of nitrogens with one attached hydrogen (secondary N) is 2. The number of hydrogen-bond donors (Lipinski definition) is 2. The van der Waals surface area contributed by atoms with E-state index in [1.54, 1.807) is 30.2 Å². The smallest absolute Gasteiger partial charge is 0.244 e. The van der Waals surface area contributed by atoms with Crippen LogP contribution in [0.4, 0.5) is 5.69 Å². The minimum absolute atomic E-state index is 0.0582. The van der Waals surface area contributed by atoms with Crippen molar-refractivity contribution in [2.45, 2.75) is 19.8 Å². The normalized spacial score (nSPS) is 10.8. The fourth-order valence-electron chi connectivity index (χ4n) is 3.22. The number of nitrogens with zero attached hydrogens (tertiary/aromatic N) is 1. The highest BCUT2D eigenvalue weighted by Crippen LogP contribution is 2.26. The molecule has 2 aromatic carbocycles. The lowest BCUT2D eigenvalue weighted by Crippen LogP contribution is -2.39. The number of hydrogen-bond acceptors (Lipinski definition) is 3. The van der Waals surface area contributed by atoms with Crippen LogP contribution in [0.1, 0.15) is 18.9 Å². The van der Waals surface area contributed by atoms with Crippen LogP contribution in [0.15, 0.2) is 42.6 Å². The molecule has 0 atom stereocenters. The lowest BCUT2D eigenvalue weighted by atomic mass is 10.1. The fraction of sp³-hybridized carbons (Fsp3) is 0.273. The Morgan fingerprint density at radius 1 is 1.17 bits per heavy atom. The van der Waals surface area contributed by atoms with Crippen molar-refractivity contribution in [3.63, 3.8) is 0 Å². The average molecular weight is 448 g/mol. The number of anilines is 1. The number of fused-ring (bicyclic) bond motifs is 1. The number of benzene rings is 2. The molecule has 0 unspecified atom stereocenters. The zero-order valence-corrected chi connectivity index (χ0v) is 18.3. The Bertz CT molecular complexity index is 1060. The number of H-pyrrole nitrogens is 1. The largest absolute Gasteiger partial charge is 0.497 e. The second kappa shape index (κ2) is 9.87. The minimum Gasteiger partial charge on any atom is -0.497 e. The van der Waals surface area contributed by atoms with E-state index in [2.05, 4.69) is 10.3 Å². The predicted octanol–water partition coefficient (Wildman–Crippen LogP) is 4.90. The van der Waals surface area contributed by atoms with Gasteiger partial charge >= 0.3 is 0 Å². The summed E-state index contributed by atoms with van der Waals surface area (Å²) in [6.45, 7) is 2.38. The summed E-state index contributed by atoms with van der Waals surface area (Å²) in [6, 6.07) is 10.5. The SMILES string of the molecule is CCCN(CC(=O)Nc1ccc(Cl)cc1Cl)C(=O)Cc1c[nH]c2ccc(OC)cc12. The number of aromatic nitrogens is 1.